The van der Waals surface area contributed by atoms with Crippen LogP contribution in [0.1, 0.15) is 30.8 Å². The SMILES string of the molecule is CCC(C)C(CO)NCc1scnc1C. The molecule has 0 bridgehead atoms. The summed E-state index contributed by atoms with van der Waals surface area (Å²) in [4.78, 5) is 5.46. The van der Waals surface area contributed by atoms with Crippen LogP contribution in [0.25, 0.3) is 0 Å². The molecule has 0 saturated carbocycles. The fourth-order valence-electron chi connectivity index (χ4n) is 1.45. The molecule has 0 fully saturated rings. The van der Waals surface area contributed by atoms with E-state index in [0.29, 0.717) is 5.92 Å². The summed E-state index contributed by atoms with van der Waals surface area (Å²) >= 11 is 1.67. The van der Waals surface area contributed by atoms with Gasteiger partial charge in [0.25, 0.3) is 0 Å². The zero-order valence-corrected chi connectivity index (χ0v) is 10.5. The summed E-state index contributed by atoms with van der Waals surface area (Å²) in [5.74, 6) is 0.503. The van der Waals surface area contributed by atoms with E-state index >= 15 is 0 Å². The number of rotatable bonds is 6. The summed E-state index contributed by atoms with van der Waals surface area (Å²) in [6.07, 6.45) is 1.08. The Morgan fingerprint density at radius 2 is 2.33 bits per heavy atom. The summed E-state index contributed by atoms with van der Waals surface area (Å²) < 4.78 is 0. The van der Waals surface area contributed by atoms with Crippen LogP contribution in [0.2, 0.25) is 0 Å². The lowest BCUT2D eigenvalue weighted by Gasteiger charge is -2.21. The number of aliphatic hydroxyl groups excluding tert-OH is 1. The number of aromatic nitrogens is 1. The number of aryl methyl sites for hydroxylation is 1. The zero-order valence-electron chi connectivity index (χ0n) is 9.66. The molecule has 2 N–H and O–H groups in total. The number of hydrogen-bond acceptors (Lipinski definition) is 4. The fraction of sp³-hybridized carbons (Fsp3) is 0.727. The molecule has 0 aliphatic rings. The van der Waals surface area contributed by atoms with Gasteiger partial charge in [-0.2, -0.15) is 0 Å². The second-order valence-corrected chi connectivity index (χ2v) is 4.86. The van der Waals surface area contributed by atoms with E-state index in [1.54, 1.807) is 11.3 Å². The van der Waals surface area contributed by atoms with Gasteiger partial charge in [0.2, 0.25) is 0 Å². The van der Waals surface area contributed by atoms with Crippen molar-refractivity contribution in [3.63, 3.8) is 0 Å². The lowest BCUT2D eigenvalue weighted by atomic mass is 10.00. The van der Waals surface area contributed by atoms with Gasteiger partial charge in [-0.3, -0.25) is 0 Å². The zero-order chi connectivity index (χ0) is 11.3. The average Bonchev–Trinajstić information content (AvgIpc) is 2.65. The molecule has 0 radical (unpaired) electrons. The maximum absolute atomic E-state index is 9.25. The summed E-state index contributed by atoms with van der Waals surface area (Å²) in [5.41, 5.74) is 2.96. The van der Waals surface area contributed by atoms with Gasteiger partial charge in [0.1, 0.15) is 0 Å². The molecule has 0 spiro atoms. The smallest absolute Gasteiger partial charge is 0.0798 e. The van der Waals surface area contributed by atoms with Gasteiger partial charge in [0, 0.05) is 17.5 Å². The van der Waals surface area contributed by atoms with Gasteiger partial charge in [-0.1, -0.05) is 20.3 Å². The van der Waals surface area contributed by atoms with E-state index < -0.39 is 0 Å². The van der Waals surface area contributed by atoms with Crippen molar-refractivity contribution >= 4 is 11.3 Å². The van der Waals surface area contributed by atoms with Crippen molar-refractivity contribution < 1.29 is 5.11 Å². The third-order valence-electron chi connectivity index (χ3n) is 2.90. The predicted molar refractivity (Wildman–Crippen MR) is 64.0 cm³/mol. The molecule has 1 rings (SSSR count). The summed E-state index contributed by atoms with van der Waals surface area (Å²) in [5, 5.41) is 12.6. The van der Waals surface area contributed by atoms with Crippen molar-refractivity contribution in [2.24, 2.45) is 5.92 Å². The molecule has 0 saturated heterocycles. The molecule has 1 aromatic heterocycles. The second kappa shape index (κ2) is 6.20. The van der Waals surface area contributed by atoms with E-state index in [1.165, 1.54) is 4.88 Å². The maximum Gasteiger partial charge on any atom is 0.0798 e. The quantitative estimate of drug-likeness (QED) is 0.782. The van der Waals surface area contributed by atoms with Gasteiger partial charge in [0.15, 0.2) is 0 Å². The standard InChI is InChI=1S/C11H20N2OS/c1-4-8(2)10(6-14)12-5-11-9(3)13-7-15-11/h7-8,10,12,14H,4-6H2,1-3H3. The summed E-state index contributed by atoms with van der Waals surface area (Å²) in [7, 11) is 0. The van der Waals surface area contributed by atoms with E-state index in [0.717, 1.165) is 18.7 Å². The first-order valence-corrected chi connectivity index (χ1v) is 6.30. The normalized spacial score (nSPS) is 15.2. The molecule has 1 aromatic rings. The summed E-state index contributed by atoms with van der Waals surface area (Å²) in [6, 6.07) is 0.191. The monoisotopic (exact) mass is 228 g/mol. The van der Waals surface area contributed by atoms with Crippen molar-refractivity contribution in [1.82, 2.24) is 10.3 Å². The molecule has 0 aliphatic heterocycles. The van der Waals surface area contributed by atoms with Crippen molar-refractivity contribution in [1.29, 1.82) is 0 Å². The first-order valence-electron chi connectivity index (χ1n) is 5.42. The molecule has 2 atom stereocenters. The number of hydrogen-bond donors (Lipinski definition) is 2. The molecule has 86 valence electrons. The van der Waals surface area contributed by atoms with Crippen molar-refractivity contribution in [2.75, 3.05) is 6.61 Å². The van der Waals surface area contributed by atoms with E-state index in [-0.39, 0.29) is 12.6 Å². The van der Waals surface area contributed by atoms with Crippen LogP contribution in [0.4, 0.5) is 0 Å². The van der Waals surface area contributed by atoms with Crippen LogP contribution in [0.5, 0.6) is 0 Å². The molecule has 2 unspecified atom stereocenters. The molecule has 1 heterocycles. The number of nitrogens with zero attached hydrogens (tertiary/aromatic N) is 1. The van der Waals surface area contributed by atoms with Gasteiger partial charge >= 0.3 is 0 Å². The van der Waals surface area contributed by atoms with Crippen LogP contribution in [-0.4, -0.2) is 22.7 Å². The Morgan fingerprint density at radius 1 is 1.60 bits per heavy atom. The second-order valence-electron chi connectivity index (χ2n) is 3.92. The van der Waals surface area contributed by atoms with E-state index in [2.05, 4.69) is 24.1 Å². The highest BCUT2D eigenvalue weighted by Crippen LogP contribution is 2.13. The number of thiazole rings is 1. The third kappa shape index (κ3) is 3.55. The minimum absolute atomic E-state index is 0.191. The van der Waals surface area contributed by atoms with E-state index in [1.807, 2.05) is 12.4 Å². The van der Waals surface area contributed by atoms with Gasteiger partial charge in [0.05, 0.1) is 17.8 Å². The Kier molecular flexibility index (Phi) is 5.22. The molecule has 0 aliphatic carbocycles. The van der Waals surface area contributed by atoms with E-state index in [9.17, 15) is 5.11 Å². The first-order chi connectivity index (χ1) is 7.19. The first kappa shape index (κ1) is 12.6. The highest BCUT2D eigenvalue weighted by Gasteiger charge is 2.14. The van der Waals surface area contributed by atoms with Crippen molar-refractivity contribution in [3.05, 3.63) is 16.1 Å². The minimum atomic E-state index is 0.191. The Hall–Kier alpha value is -0.450. The van der Waals surface area contributed by atoms with Crippen molar-refractivity contribution in [2.45, 2.75) is 39.8 Å². The van der Waals surface area contributed by atoms with Crippen LogP contribution >= 0.6 is 11.3 Å². The Morgan fingerprint density at radius 3 is 2.80 bits per heavy atom. The van der Waals surface area contributed by atoms with Crippen LogP contribution < -0.4 is 5.32 Å². The van der Waals surface area contributed by atoms with Crippen LogP contribution in [0.15, 0.2) is 5.51 Å². The average molecular weight is 228 g/mol. The third-order valence-corrected chi connectivity index (χ3v) is 3.83. The molecular weight excluding hydrogens is 208 g/mol. The van der Waals surface area contributed by atoms with E-state index in [4.69, 9.17) is 0 Å². The van der Waals surface area contributed by atoms with Crippen LogP contribution in [0, 0.1) is 12.8 Å². The van der Waals surface area contributed by atoms with Crippen LogP contribution in [-0.2, 0) is 6.54 Å². The molecule has 3 nitrogen and oxygen atoms in total. The van der Waals surface area contributed by atoms with Gasteiger partial charge in [-0.05, 0) is 12.8 Å². The molecule has 0 aromatic carbocycles. The molecule has 0 amide bonds. The minimum Gasteiger partial charge on any atom is -0.395 e. The molecule has 4 heteroatoms. The van der Waals surface area contributed by atoms with Crippen molar-refractivity contribution in [3.8, 4) is 0 Å². The van der Waals surface area contributed by atoms with Gasteiger partial charge < -0.3 is 10.4 Å². The molecule has 15 heavy (non-hydrogen) atoms. The Bertz CT molecular complexity index is 288. The lowest BCUT2D eigenvalue weighted by Crippen LogP contribution is -2.37. The lowest BCUT2D eigenvalue weighted by molar-refractivity contribution is 0.201. The molecular formula is C11H20N2OS. The number of aliphatic hydroxyl groups is 1. The largest absolute Gasteiger partial charge is 0.395 e. The fourth-order valence-corrected chi connectivity index (χ4v) is 2.18. The van der Waals surface area contributed by atoms with Crippen LogP contribution in [0.3, 0.4) is 0 Å². The van der Waals surface area contributed by atoms with Gasteiger partial charge in [-0.15, -0.1) is 11.3 Å². The maximum atomic E-state index is 9.25. The highest BCUT2D eigenvalue weighted by molar-refractivity contribution is 7.09. The Balaban J connectivity index is 2.44. The predicted octanol–water partition coefficient (Wildman–Crippen LogP) is 1.95. The van der Waals surface area contributed by atoms with Gasteiger partial charge in [-0.25, -0.2) is 4.98 Å². The Labute approximate surface area is 95.6 Å². The number of nitrogens with one attached hydrogen (secondary N) is 1. The highest BCUT2D eigenvalue weighted by atomic mass is 32.1. The topological polar surface area (TPSA) is 45.1 Å². The summed E-state index contributed by atoms with van der Waals surface area (Å²) in [6.45, 7) is 7.34.